The summed E-state index contributed by atoms with van der Waals surface area (Å²) in [5.41, 5.74) is 1.44. The van der Waals surface area contributed by atoms with E-state index in [0.29, 0.717) is 18.8 Å². The Morgan fingerprint density at radius 1 is 1.33 bits per heavy atom. The number of hydrogen-bond donors (Lipinski definition) is 0. The smallest absolute Gasteiger partial charge is 0.273 e. The van der Waals surface area contributed by atoms with Crippen molar-refractivity contribution in [3.8, 4) is 10.6 Å². The minimum absolute atomic E-state index is 0.0185. The van der Waals surface area contributed by atoms with Crippen molar-refractivity contribution in [2.45, 2.75) is 12.8 Å². The number of hydrogen-bond acceptors (Lipinski definition) is 5. The molecule has 0 N–H and O–H groups in total. The number of benzene rings is 1. The van der Waals surface area contributed by atoms with Gasteiger partial charge in [0.15, 0.2) is 0 Å². The summed E-state index contributed by atoms with van der Waals surface area (Å²) in [6, 6.07) is 9.77. The number of rotatable bonds is 4. The highest BCUT2D eigenvalue weighted by Gasteiger charge is 2.27. The molecule has 1 aliphatic rings. The van der Waals surface area contributed by atoms with Crippen LogP contribution in [0.2, 0.25) is 0 Å². The van der Waals surface area contributed by atoms with Gasteiger partial charge in [-0.2, -0.15) is 0 Å². The summed E-state index contributed by atoms with van der Waals surface area (Å²) in [5, 5.41) is 2.61. The normalized spacial score (nSPS) is 18.5. The van der Waals surface area contributed by atoms with Crippen LogP contribution in [0.1, 0.15) is 23.3 Å². The minimum Gasteiger partial charge on any atom is -0.337 e. The highest BCUT2D eigenvalue weighted by molar-refractivity contribution is 7.90. The third-order valence-corrected chi connectivity index (χ3v) is 6.06. The number of carbonyl (C=O) groups excluding carboxylic acids is 1. The predicted octanol–water partition coefficient (Wildman–Crippen LogP) is 2.71. The summed E-state index contributed by atoms with van der Waals surface area (Å²) in [4.78, 5) is 18.9. The number of sulfone groups is 1. The molecule has 7 heteroatoms. The third kappa shape index (κ3) is 4.21. The fourth-order valence-electron chi connectivity index (χ4n) is 3.06. The van der Waals surface area contributed by atoms with Gasteiger partial charge in [-0.3, -0.25) is 4.79 Å². The van der Waals surface area contributed by atoms with Gasteiger partial charge in [-0.25, -0.2) is 13.4 Å². The van der Waals surface area contributed by atoms with E-state index < -0.39 is 9.84 Å². The number of amides is 1. The van der Waals surface area contributed by atoms with E-state index >= 15 is 0 Å². The standard InChI is InChI=1S/C17H20N2O3S2/c1-24(21,22)12-13-6-5-9-19(10-13)17(20)15-11-23-16(18-15)14-7-3-2-4-8-14/h2-4,7-8,11,13H,5-6,9-10,12H2,1H3/t13-/m0/s1. The summed E-state index contributed by atoms with van der Waals surface area (Å²) in [7, 11) is -3.02. The lowest BCUT2D eigenvalue weighted by atomic mass is 10.00. The van der Waals surface area contributed by atoms with Crippen LogP contribution in [0.5, 0.6) is 0 Å². The van der Waals surface area contributed by atoms with Gasteiger partial charge in [0, 0.05) is 30.3 Å². The van der Waals surface area contributed by atoms with Gasteiger partial charge in [-0.15, -0.1) is 11.3 Å². The summed E-state index contributed by atoms with van der Waals surface area (Å²) in [6.07, 6.45) is 2.94. The number of carbonyl (C=O) groups is 1. The lowest BCUT2D eigenvalue weighted by Crippen LogP contribution is -2.41. The maximum absolute atomic E-state index is 12.7. The molecular formula is C17H20N2O3S2. The van der Waals surface area contributed by atoms with E-state index in [9.17, 15) is 13.2 Å². The molecule has 1 aromatic heterocycles. The highest BCUT2D eigenvalue weighted by atomic mass is 32.2. The van der Waals surface area contributed by atoms with E-state index in [-0.39, 0.29) is 17.6 Å². The topological polar surface area (TPSA) is 67.3 Å². The summed E-state index contributed by atoms with van der Waals surface area (Å²) < 4.78 is 23.0. The molecular weight excluding hydrogens is 344 g/mol. The van der Waals surface area contributed by atoms with Crippen LogP contribution in [0.25, 0.3) is 10.6 Å². The first-order chi connectivity index (χ1) is 11.4. The Balaban J connectivity index is 1.71. The highest BCUT2D eigenvalue weighted by Crippen LogP contribution is 2.25. The molecule has 0 saturated carbocycles. The molecule has 0 radical (unpaired) electrons. The SMILES string of the molecule is CS(=O)(=O)C[C@H]1CCCN(C(=O)c2csc(-c3ccccc3)n2)C1. The van der Waals surface area contributed by atoms with E-state index in [4.69, 9.17) is 0 Å². The first kappa shape index (κ1) is 17.1. The molecule has 1 fully saturated rings. The molecule has 0 bridgehead atoms. The molecule has 1 aromatic carbocycles. The van der Waals surface area contributed by atoms with Crippen molar-refractivity contribution in [2.24, 2.45) is 5.92 Å². The molecule has 0 unspecified atom stereocenters. The lowest BCUT2D eigenvalue weighted by Gasteiger charge is -2.32. The van der Waals surface area contributed by atoms with E-state index in [0.717, 1.165) is 23.4 Å². The third-order valence-electron chi connectivity index (χ3n) is 4.09. The van der Waals surface area contributed by atoms with Gasteiger partial charge < -0.3 is 4.90 Å². The van der Waals surface area contributed by atoms with Crippen molar-refractivity contribution in [3.05, 3.63) is 41.4 Å². The van der Waals surface area contributed by atoms with Crippen LogP contribution in [0.4, 0.5) is 0 Å². The van der Waals surface area contributed by atoms with E-state index in [2.05, 4.69) is 4.98 Å². The quantitative estimate of drug-likeness (QED) is 0.836. The fourth-order valence-corrected chi connectivity index (χ4v) is 4.99. The zero-order valence-electron chi connectivity index (χ0n) is 13.5. The fraction of sp³-hybridized carbons (Fsp3) is 0.412. The maximum Gasteiger partial charge on any atom is 0.273 e. The van der Waals surface area contributed by atoms with Crippen molar-refractivity contribution in [1.29, 1.82) is 0 Å². The summed E-state index contributed by atoms with van der Waals surface area (Å²) in [6.45, 7) is 1.15. The first-order valence-electron chi connectivity index (χ1n) is 7.90. The molecule has 0 aliphatic carbocycles. The van der Waals surface area contributed by atoms with Crippen molar-refractivity contribution in [1.82, 2.24) is 9.88 Å². The molecule has 1 aliphatic heterocycles. The Morgan fingerprint density at radius 2 is 2.08 bits per heavy atom. The van der Waals surface area contributed by atoms with E-state index in [1.165, 1.54) is 17.6 Å². The second kappa shape index (κ2) is 7.03. The van der Waals surface area contributed by atoms with E-state index in [1.54, 1.807) is 10.3 Å². The zero-order chi connectivity index (χ0) is 17.2. The number of likely N-dealkylation sites (tertiary alicyclic amines) is 1. The molecule has 1 amide bonds. The van der Waals surface area contributed by atoms with Crippen LogP contribution < -0.4 is 0 Å². The summed E-state index contributed by atoms with van der Waals surface area (Å²) >= 11 is 1.45. The van der Waals surface area contributed by atoms with Crippen LogP contribution in [0, 0.1) is 5.92 Å². The van der Waals surface area contributed by atoms with Crippen molar-refractivity contribution < 1.29 is 13.2 Å². The van der Waals surface area contributed by atoms with Crippen LogP contribution in [0.15, 0.2) is 35.7 Å². The summed E-state index contributed by atoms with van der Waals surface area (Å²) in [5.74, 6) is 0.0555. The predicted molar refractivity (Wildman–Crippen MR) is 95.9 cm³/mol. The molecule has 128 valence electrons. The van der Waals surface area contributed by atoms with Gasteiger partial charge in [-0.1, -0.05) is 30.3 Å². The molecule has 2 heterocycles. The average Bonchev–Trinajstić information content (AvgIpc) is 3.03. The van der Waals surface area contributed by atoms with Gasteiger partial charge >= 0.3 is 0 Å². The van der Waals surface area contributed by atoms with Crippen molar-refractivity contribution in [2.75, 3.05) is 25.1 Å². The van der Waals surface area contributed by atoms with E-state index in [1.807, 2.05) is 30.3 Å². The van der Waals surface area contributed by atoms with Gasteiger partial charge in [0.1, 0.15) is 20.5 Å². The monoisotopic (exact) mass is 364 g/mol. The second-order valence-electron chi connectivity index (χ2n) is 6.26. The van der Waals surface area contributed by atoms with Crippen molar-refractivity contribution >= 4 is 27.1 Å². The Labute approximate surface area is 146 Å². The molecule has 3 rings (SSSR count). The van der Waals surface area contributed by atoms with Crippen LogP contribution >= 0.6 is 11.3 Å². The van der Waals surface area contributed by atoms with Crippen molar-refractivity contribution in [3.63, 3.8) is 0 Å². The second-order valence-corrected chi connectivity index (χ2v) is 9.30. The molecule has 2 aromatic rings. The zero-order valence-corrected chi connectivity index (χ0v) is 15.1. The molecule has 24 heavy (non-hydrogen) atoms. The number of piperidine rings is 1. The average molecular weight is 364 g/mol. The van der Waals surface area contributed by atoms with Crippen LogP contribution in [0.3, 0.4) is 0 Å². The lowest BCUT2D eigenvalue weighted by molar-refractivity contribution is 0.0679. The maximum atomic E-state index is 12.7. The molecule has 1 saturated heterocycles. The Bertz CT molecular complexity index is 815. The van der Waals surface area contributed by atoms with Gasteiger partial charge in [0.2, 0.25) is 0 Å². The number of thiazole rings is 1. The van der Waals surface area contributed by atoms with Gasteiger partial charge in [0.25, 0.3) is 5.91 Å². The molecule has 5 nitrogen and oxygen atoms in total. The minimum atomic E-state index is -3.02. The first-order valence-corrected chi connectivity index (χ1v) is 10.8. The van der Waals surface area contributed by atoms with Crippen LogP contribution in [-0.2, 0) is 9.84 Å². The Morgan fingerprint density at radius 3 is 2.79 bits per heavy atom. The number of nitrogens with zero attached hydrogens (tertiary/aromatic N) is 2. The Hall–Kier alpha value is -1.73. The Kier molecular flexibility index (Phi) is 5.01. The molecule has 1 atom stereocenters. The number of aromatic nitrogens is 1. The molecule has 0 spiro atoms. The van der Waals surface area contributed by atoms with Gasteiger partial charge in [-0.05, 0) is 18.8 Å². The largest absolute Gasteiger partial charge is 0.337 e. The van der Waals surface area contributed by atoms with Crippen LogP contribution in [-0.4, -0.2) is 49.3 Å². The van der Waals surface area contributed by atoms with Gasteiger partial charge in [0.05, 0.1) is 5.75 Å².